The molecular weight excluding hydrogens is 282 g/mol. The highest BCUT2D eigenvalue weighted by atomic mass is 16.1. The highest BCUT2D eigenvalue weighted by Crippen LogP contribution is 2.20. The van der Waals surface area contributed by atoms with Crippen LogP contribution >= 0.6 is 0 Å². The number of amides is 1. The monoisotopic (exact) mass is 301 g/mol. The highest BCUT2D eigenvalue weighted by Gasteiger charge is 2.15. The van der Waals surface area contributed by atoms with Crippen molar-refractivity contribution in [3.8, 4) is 5.95 Å². The minimum absolute atomic E-state index is 0.115. The van der Waals surface area contributed by atoms with Gasteiger partial charge in [0.25, 0.3) is 0 Å². The maximum absolute atomic E-state index is 11.5. The zero-order chi connectivity index (χ0) is 16.1. The maximum atomic E-state index is 11.5. The van der Waals surface area contributed by atoms with Crippen LogP contribution in [0.25, 0.3) is 17.1 Å². The van der Waals surface area contributed by atoms with Gasteiger partial charge in [-0.3, -0.25) is 9.36 Å². The lowest BCUT2D eigenvalue weighted by Gasteiger charge is -2.02. The fourth-order valence-electron chi connectivity index (χ4n) is 1.89. The Morgan fingerprint density at radius 2 is 2.09 bits per heavy atom. The summed E-state index contributed by atoms with van der Waals surface area (Å²) in [5.41, 5.74) is 1.18. The summed E-state index contributed by atoms with van der Waals surface area (Å²) in [4.78, 5) is 24.3. The smallest absolute Gasteiger partial charge is 0.232 e. The number of hydrogen-bond donors (Lipinski definition) is 1. The lowest BCUT2D eigenvalue weighted by molar-refractivity contribution is -0.115. The number of carbonyl (C=O) groups excluding carboxylic acids is 1. The normalized spacial score (nSPS) is 10.2. The van der Waals surface area contributed by atoms with Crippen LogP contribution in [0.2, 0.25) is 0 Å². The van der Waals surface area contributed by atoms with E-state index in [2.05, 4.69) is 25.4 Å². The van der Waals surface area contributed by atoms with Gasteiger partial charge >= 0.3 is 0 Å². The number of carbonyl (C=O) groups is 1. The lowest BCUT2D eigenvalue weighted by Crippen LogP contribution is -2.11. The van der Waals surface area contributed by atoms with E-state index in [9.17, 15) is 4.79 Å². The van der Waals surface area contributed by atoms with E-state index in [0.29, 0.717) is 29.4 Å². The van der Waals surface area contributed by atoms with E-state index in [0.717, 1.165) is 0 Å². The van der Waals surface area contributed by atoms with Crippen LogP contribution in [0.1, 0.15) is 27.2 Å². The topological polar surface area (TPSA) is 90.5 Å². The van der Waals surface area contributed by atoms with Crippen LogP contribution in [0, 0.1) is 0 Å². The molecule has 3 aromatic heterocycles. The van der Waals surface area contributed by atoms with Crippen LogP contribution in [0.5, 0.6) is 0 Å². The third-order valence-corrected chi connectivity index (χ3v) is 2.92. The van der Waals surface area contributed by atoms with Crippen molar-refractivity contribution < 1.29 is 4.79 Å². The van der Waals surface area contributed by atoms with Crippen molar-refractivity contribution in [3.63, 3.8) is 0 Å². The molecule has 0 aliphatic carbocycles. The molecule has 3 heterocycles. The zero-order valence-corrected chi connectivity index (χ0v) is 13.1. The fourth-order valence-corrected chi connectivity index (χ4v) is 1.89. The van der Waals surface area contributed by atoms with Gasteiger partial charge in [-0.15, -0.1) is 0 Å². The number of hydrogen-bond acceptors (Lipinski definition) is 5. The maximum Gasteiger partial charge on any atom is 0.232 e. The summed E-state index contributed by atoms with van der Waals surface area (Å²) in [7, 11) is 1.84. The third-order valence-electron chi connectivity index (χ3n) is 2.92. The van der Waals surface area contributed by atoms with Crippen molar-refractivity contribution in [3.05, 3.63) is 24.8 Å². The minimum Gasteiger partial charge on any atom is -0.309 e. The van der Waals surface area contributed by atoms with Gasteiger partial charge < -0.3 is 5.32 Å². The molecule has 0 atom stereocenters. The molecule has 0 bridgehead atoms. The molecular formula is C14H19N7O. The predicted molar refractivity (Wildman–Crippen MR) is 83.7 cm³/mol. The fraction of sp³-hybridized carbons (Fsp3) is 0.357. The van der Waals surface area contributed by atoms with Crippen molar-refractivity contribution in [1.29, 1.82) is 0 Å². The molecule has 116 valence electrons. The van der Waals surface area contributed by atoms with Gasteiger partial charge in [0, 0.05) is 25.9 Å². The van der Waals surface area contributed by atoms with Crippen molar-refractivity contribution in [2.45, 2.75) is 27.2 Å². The molecule has 0 saturated carbocycles. The summed E-state index contributed by atoms with van der Waals surface area (Å²) >= 11 is 0. The number of aromatic nitrogens is 6. The molecule has 0 fully saturated rings. The first-order valence-corrected chi connectivity index (χ1v) is 7.18. The Hall–Kier alpha value is -2.77. The molecule has 8 heteroatoms. The molecule has 3 rings (SSSR count). The lowest BCUT2D eigenvalue weighted by atomic mass is 10.4. The van der Waals surface area contributed by atoms with E-state index in [1.165, 1.54) is 6.33 Å². The van der Waals surface area contributed by atoms with Crippen LogP contribution in [0.15, 0.2) is 24.8 Å². The van der Waals surface area contributed by atoms with Gasteiger partial charge in [0.05, 0.1) is 0 Å². The predicted octanol–water partition coefficient (Wildman–Crippen LogP) is 1.92. The molecule has 0 radical (unpaired) electrons. The molecule has 3 aromatic rings. The van der Waals surface area contributed by atoms with E-state index in [1.54, 1.807) is 28.6 Å². The Labute approximate surface area is 128 Å². The van der Waals surface area contributed by atoms with E-state index < -0.39 is 0 Å². The molecule has 8 nitrogen and oxygen atoms in total. The molecule has 0 aliphatic heterocycles. The van der Waals surface area contributed by atoms with E-state index in [4.69, 9.17) is 0 Å². The van der Waals surface area contributed by atoms with Gasteiger partial charge in [0.15, 0.2) is 17.0 Å². The average molecular weight is 301 g/mol. The number of anilines is 1. The van der Waals surface area contributed by atoms with Gasteiger partial charge in [-0.1, -0.05) is 20.8 Å². The van der Waals surface area contributed by atoms with E-state index in [-0.39, 0.29) is 5.91 Å². The number of aryl methyl sites for hydroxylation is 1. The summed E-state index contributed by atoms with van der Waals surface area (Å²) in [6.07, 6.45) is 5.25. The first-order chi connectivity index (χ1) is 10.7. The molecule has 0 spiro atoms. The van der Waals surface area contributed by atoms with Crippen LogP contribution in [-0.2, 0) is 11.8 Å². The molecule has 0 aromatic carbocycles. The second kappa shape index (κ2) is 6.79. The Kier molecular flexibility index (Phi) is 4.82. The van der Waals surface area contributed by atoms with Crippen molar-refractivity contribution in [2.75, 3.05) is 5.32 Å². The molecule has 0 saturated heterocycles. The molecule has 1 amide bonds. The van der Waals surface area contributed by atoms with Gasteiger partial charge in [0.1, 0.15) is 6.33 Å². The summed E-state index contributed by atoms with van der Waals surface area (Å²) in [5.74, 6) is 0.907. The second-order valence-electron chi connectivity index (χ2n) is 4.22. The van der Waals surface area contributed by atoms with E-state index >= 15 is 0 Å². The van der Waals surface area contributed by atoms with Gasteiger partial charge in [0.2, 0.25) is 11.9 Å². The van der Waals surface area contributed by atoms with Crippen LogP contribution in [0.3, 0.4) is 0 Å². The Morgan fingerprint density at radius 1 is 1.32 bits per heavy atom. The van der Waals surface area contributed by atoms with Gasteiger partial charge in [-0.05, 0) is 6.07 Å². The van der Waals surface area contributed by atoms with Gasteiger partial charge in [-0.25, -0.2) is 19.6 Å². The Bertz CT molecular complexity index is 761. The van der Waals surface area contributed by atoms with E-state index in [1.807, 2.05) is 27.0 Å². The van der Waals surface area contributed by atoms with Gasteiger partial charge in [-0.2, -0.15) is 5.10 Å². The third kappa shape index (κ3) is 2.80. The van der Waals surface area contributed by atoms with Crippen molar-refractivity contribution in [2.24, 2.45) is 7.05 Å². The average Bonchev–Trinajstić information content (AvgIpc) is 3.18. The van der Waals surface area contributed by atoms with Crippen LogP contribution < -0.4 is 5.32 Å². The standard InChI is InChI=1S/C12H13N7O.C2H6/c1-3-8(20)16-10-9-11(14-7-13-10)18(2)12(17-9)19-6-4-5-15-19;1-2/h4-7H,3H2,1-2H3,(H,13,14,16,20);1-2H3. The van der Waals surface area contributed by atoms with Crippen molar-refractivity contribution >= 4 is 22.9 Å². The zero-order valence-electron chi connectivity index (χ0n) is 13.1. The SMILES string of the molecule is CC.CCC(=O)Nc1ncnc2c1nc(-n1cccn1)n2C. The molecule has 1 N–H and O–H groups in total. The first-order valence-electron chi connectivity index (χ1n) is 7.18. The number of imidazole rings is 1. The second-order valence-corrected chi connectivity index (χ2v) is 4.22. The molecule has 22 heavy (non-hydrogen) atoms. The summed E-state index contributed by atoms with van der Waals surface area (Å²) in [5, 5.41) is 6.87. The number of fused-ring (bicyclic) bond motifs is 1. The van der Waals surface area contributed by atoms with Crippen LogP contribution in [0.4, 0.5) is 5.82 Å². The quantitative estimate of drug-likeness (QED) is 0.798. The summed E-state index contributed by atoms with van der Waals surface area (Å²) in [6.45, 7) is 5.78. The summed E-state index contributed by atoms with van der Waals surface area (Å²) < 4.78 is 3.43. The number of nitrogens with one attached hydrogen (secondary N) is 1. The van der Waals surface area contributed by atoms with Crippen LogP contribution in [-0.4, -0.2) is 35.2 Å². The largest absolute Gasteiger partial charge is 0.309 e. The Balaban J connectivity index is 0.000000847. The highest BCUT2D eigenvalue weighted by molar-refractivity contribution is 5.96. The minimum atomic E-state index is -0.115. The molecule has 0 unspecified atom stereocenters. The molecule has 0 aliphatic rings. The van der Waals surface area contributed by atoms with Crippen molar-refractivity contribution in [1.82, 2.24) is 29.3 Å². The number of rotatable bonds is 3. The summed E-state index contributed by atoms with van der Waals surface area (Å²) in [6, 6.07) is 1.81. The number of nitrogens with zero attached hydrogens (tertiary/aromatic N) is 6. The first kappa shape index (κ1) is 15.6. The Morgan fingerprint density at radius 3 is 2.73 bits per heavy atom.